The Morgan fingerprint density at radius 1 is 1.08 bits per heavy atom. The topological polar surface area (TPSA) is 87.7 Å². The van der Waals surface area contributed by atoms with Gasteiger partial charge in [0, 0.05) is 24.8 Å². The highest BCUT2D eigenvalue weighted by Crippen LogP contribution is 2.26. The molecule has 0 aliphatic carbocycles. The molecule has 6 heteroatoms. The predicted molar refractivity (Wildman–Crippen MR) is 93.9 cm³/mol. The Morgan fingerprint density at radius 3 is 2.40 bits per heavy atom. The van der Waals surface area contributed by atoms with E-state index in [9.17, 15) is 9.59 Å². The van der Waals surface area contributed by atoms with Gasteiger partial charge >= 0.3 is 12.0 Å². The third kappa shape index (κ3) is 4.58. The summed E-state index contributed by atoms with van der Waals surface area (Å²) in [4.78, 5) is 22.8. The molecule has 2 aromatic carbocycles. The summed E-state index contributed by atoms with van der Waals surface area (Å²) in [6.07, 6.45) is 1.04. The van der Waals surface area contributed by atoms with E-state index in [-0.39, 0.29) is 11.6 Å². The number of amides is 2. The van der Waals surface area contributed by atoms with Crippen molar-refractivity contribution in [1.29, 1.82) is 0 Å². The molecule has 1 saturated heterocycles. The van der Waals surface area contributed by atoms with Crippen molar-refractivity contribution in [3.63, 3.8) is 0 Å². The Balaban J connectivity index is 1.49. The van der Waals surface area contributed by atoms with E-state index >= 15 is 0 Å². The number of carbonyl (C=O) groups is 2. The van der Waals surface area contributed by atoms with E-state index in [1.165, 1.54) is 17.7 Å². The number of hydrogen-bond donors (Lipinski definition) is 3. The van der Waals surface area contributed by atoms with Gasteiger partial charge in [-0.15, -0.1) is 0 Å². The largest absolute Gasteiger partial charge is 0.478 e. The number of hydrogen-bond acceptors (Lipinski definition) is 3. The van der Waals surface area contributed by atoms with Gasteiger partial charge in [0.05, 0.1) is 12.2 Å². The van der Waals surface area contributed by atoms with Gasteiger partial charge in [0.2, 0.25) is 0 Å². The van der Waals surface area contributed by atoms with Crippen LogP contribution in [0.3, 0.4) is 0 Å². The average molecular weight is 340 g/mol. The summed E-state index contributed by atoms with van der Waals surface area (Å²) < 4.78 is 5.39. The first-order chi connectivity index (χ1) is 12.1. The van der Waals surface area contributed by atoms with Crippen LogP contribution in [-0.2, 0) is 11.3 Å². The maximum absolute atomic E-state index is 12.0. The number of nitrogens with one attached hydrogen (secondary N) is 2. The average Bonchev–Trinajstić information content (AvgIpc) is 3.15. The molecular formula is C19H20N2O4. The minimum absolute atomic E-state index is 0.223. The molecule has 0 spiro atoms. The van der Waals surface area contributed by atoms with Crippen molar-refractivity contribution in [2.75, 3.05) is 18.5 Å². The summed E-state index contributed by atoms with van der Waals surface area (Å²) >= 11 is 0. The Morgan fingerprint density at radius 2 is 1.80 bits per heavy atom. The van der Waals surface area contributed by atoms with E-state index in [2.05, 4.69) is 10.6 Å². The molecule has 6 nitrogen and oxygen atoms in total. The van der Waals surface area contributed by atoms with Crippen molar-refractivity contribution in [3.05, 3.63) is 65.2 Å². The first kappa shape index (κ1) is 17.0. The van der Waals surface area contributed by atoms with Gasteiger partial charge in [-0.1, -0.05) is 24.3 Å². The van der Waals surface area contributed by atoms with E-state index in [1.54, 1.807) is 12.1 Å². The van der Waals surface area contributed by atoms with Crippen LogP contribution in [0.2, 0.25) is 0 Å². The Hall–Kier alpha value is -2.86. The van der Waals surface area contributed by atoms with Gasteiger partial charge in [0.15, 0.2) is 0 Å². The Kier molecular flexibility index (Phi) is 5.30. The zero-order valence-electron chi connectivity index (χ0n) is 13.7. The number of rotatable bonds is 5. The van der Waals surface area contributed by atoms with Crippen molar-refractivity contribution in [2.24, 2.45) is 0 Å². The van der Waals surface area contributed by atoms with Gasteiger partial charge in [0.1, 0.15) is 0 Å². The van der Waals surface area contributed by atoms with E-state index < -0.39 is 5.97 Å². The van der Waals surface area contributed by atoms with Gasteiger partial charge < -0.3 is 20.5 Å². The maximum atomic E-state index is 12.0. The van der Waals surface area contributed by atoms with Crippen molar-refractivity contribution >= 4 is 17.7 Å². The first-order valence-electron chi connectivity index (χ1n) is 8.16. The number of carbonyl (C=O) groups excluding carboxylic acids is 1. The molecular weight excluding hydrogens is 320 g/mol. The second kappa shape index (κ2) is 7.81. The number of aromatic carboxylic acids is 1. The maximum Gasteiger partial charge on any atom is 0.335 e. The summed E-state index contributed by atoms with van der Waals surface area (Å²) in [6.45, 7) is 1.89. The zero-order valence-corrected chi connectivity index (χ0v) is 13.7. The molecule has 0 radical (unpaired) electrons. The van der Waals surface area contributed by atoms with Crippen molar-refractivity contribution in [2.45, 2.75) is 18.9 Å². The van der Waals surface area contributed by atoms with Gasteiger partial charge in [-0.25, -0.2) is 9.59 Å². The highest BCUT2D eigenvalue weighted by Gasteiger charge is 2.17. The monoisotopic (exact) mass is 340 g/mol. The van der Waals surface area contributed by atoms with Crippen LogP contribution >= 0.6 is 0 Å². The van der Waals surface area contributed by atoms with Crippen LogP contribution in [0, 0.1) is 0 Å². The number of urea groups is 1. The van der Waals surface area contributed by atoms with Crippen LogP contribution in [0.5, 0.6) is 0 Å². The lowest BCUT2D eigenvalue weighted by atomic mass is 9.98. The van der Waals surface area contributed by atoms with Gasteiger partial charge in [0.25, 0.3) is 0 Å². The summed E-state index contributed by atoms with van der Waals surface area (Å²) in [5.41, 5.74) is 3.00. The molecule has 1 aliphatic rings. The molecule has 2 aromatic rings. The van der Waals surface area contributed by atoms with Gasteiger partial charge in [-0.2, -0.15) is 0 Å². The highest BCUT2D eigenvalue weighted by molar-refractivity contribution is 5.89. The Labute approximate surface area is 145 Å². The Bertz CT molecular complexity index is 735. The minimum atomic E-state index is -0.968. The quantitative estimate of drug-likeness (QED) is 0.780. The number of ether oxygens (including phenoxy) is 1. The number of anilines is 1. The molecule has 3 rings (SSSR count). The lowest BCUT2D eigenvalue weighted by Gasteiger charge is -2.11. The fourth-order valence-corrected chi connectivity index (χ4v) is 2.76. The van der Waals surface area contributed by atoms with E-state index in [0.29, 0.717) is 12.5 Å². The molecule has 2 amide bonds. The molecule has 0 saturated carbocycles. The van der Waals surface area contributed by atoms with Crippen LogP contribution in [0.15, 0.2) is 48.5 Å². The predicted octanol–water partition coefficient (Wildman–Crippen LogP) is 3.21. The summed E-state index contributed by atoms with van der Waals surface area (Å²) in [5.74, 6) is -0.526. The van der Waals surface area contributed by atoms with Crippen LogP contribution in [0.1, 0.15) is 33.8 Å². The minimum Gasteiger partial charge on any atom is -0.478 e. The molecule has 3 N–H and O–H groups in total. The van der Waals surface area contributed by atoms with E-state index in [1.807, 2.05) is 24.3 Å². The first-order valence-corrected chi connectivity index (χ1v) is 8.16. The van der Waals surface area contributed by atoms with E-state index in [4.69, 9.17) is 9.84 Å². The standard InChI is InChI=1S/C19H20N2O4/c22-18(23)15-3-1-13(2-4-15)11-20-19(24)21-17-7-5-14(6-8-17)16-9-10-25-12-16/h1-8,16H,9-12H2,(H,22,23)(H2,20,21,24). The van der Waals surface area contributed by atoms with Crippen LogP contribution in [0.4, 0.5) is 10.5 Å². The van der Waals surface area contributed by atoms with Crippen LogP contribution in [0.25, 0.3) is 0 Å². The summed E-state index contributed by atoms with van der Waals surface area (Å²) in [5, 5.41) is 14.4. The number of carboxylic acid groups (broad SMARTS) is 1. The highest BCUT2D eigenvalue weighted by atomic mass is 16.5. The molecule has 1 heterocycles. The zero-order chi connectivity index (χ0) is 17.6. The molecule has 0 aromatic heterocycles. The van der Waals surface area contributed by atoms with Crippen molar-refractivity contribution < 1.29 is 19.4 Å². The van der Waals surface area contributed by atoms with Crippen LogP contribution < -0.4 is 10.6 Å². The molecule has 1 atom stereocenters. The van der Waals surface area contributed by atoms with Gasteiger partial charge in [-0.3, -0.25) is 0 Å². The van der Waals surface area contributed by atoms with Crippen molar-refractivity contribution in [1.82, 2.24) is 5.32 Å². The molecule has 1 fully saturated rings. The fraction of sp³-hybridized carbons (Fsp3) is 0.263. The second-order valence-corrected chi connectivity index (χ2v) is 5.99. The fourth-order valence-electron chi connectivity index (χ4n) is 2.76. The lowest BCUT2D eigenvalue weighted by Crippen LogP contribution is -2.28. The third-order valence-corrected chi connectivity index (χ3v) is 4.22. The summed E-state index contributed by atoms with van der Waals surface area (Å²) in [6, 6.07) is 13.9. The third-order valence-electron chi connectivity index (χ3n) is 4.22. The molecule has 25 heavy (non-hydrogen) atoms. The van der Waals surface area contributed by atoms with Gasteiger partial charge in [-0.05, 0) is 41.8 Å². The summed E-state index contributed by atoms with van der Waals surface area (Å²) in [7, 11) is 0. The lowest BCUT2D eigenvalue weighted by molar-refractivity contribution is 0.0697. The smallest absolute Gasteiger partial charge is 0.335 e. The van der Waals surface area contributed by atoms with E-state index in [0.717, 1.165) is 30.9 Å². The number of carboxylic acids is 1. The second-order valence-electron chi connectivity index (χ2n) is 5.99. The van der Waals surface area contributed by atoms with Crippen molar-refractivity contribution in [3.8, 4) is 0 Å². The SMILES string of the molecule is O=C(NCc1ccc(C(=O)O)cc1)Nc1ccc(C2CCOC2)cc1. The molecule has 130 valence electrons. The van der Waals surface area contributed by atoms with Crippen LogP contribution in [-0.4, -0.2) is 30.3 Å². The normalized spacial score (nSPS) is 16.4. The molecule has 1 aliphatic heterocycles. The number of benzene rings is 2. The molecule has 1 unspecified atom stereocenters. The molecule has 0 bridgehead atoms.